The van der Waals surface area contributed by atoms with Gasteiger partial charge < -0.3 is 29.3 Å². The fourth-order valence-electron chi connectivity index (χ4n) is 5.96. The van der Waals surface area contributed by atoms with Gasteiger partial charge in [-0.05, 0) is 62.6 Å². The molecular formula is C35H43ClFN5O4. The van der Waals surface area contributed by atoms with E-state index in [1.807, 2.05) is 58.9 Å². The van der Waals surface area contributed by atoms with Crippen molar-refractivity contribution >= 4 is 51.7 Å². The highest BCUT2D eigenvalue weighted by atomic mass is 35.5. The standard InChI is InChI=1S/C35H43ClFN5O4/c1-21(2)32(43)42-12-8-9-22(20-42)25-18-26(27-19-29(33(44)39(6)7)38-31(27)30(25)37)24-11-10-23(17-28(24)36)40-13-15-41(16-14-40)34(45)46-35(3,4)5/h9-11,17-19,21,38H,8,12-16,20H2,1-7H3. The van der Waals surface area contributed by atoms with Gasteiger partial charge in [-0.2, -0.15) is 0 Å². The van der Waals surface area contributed by atoms with Gasteiger partial charge in [-0.25, -0.2) is 9.18 Å². The van der Waals surface area contributed by atoms with Crippen LogP contribution < -0.4 is 4.90 Å². The minimum absolute atomic E-state index is 0.0246. The first kappa shape index (κ1) is 33.3. The summed E-state index contributed by atoms with van der Waals surface area (Å²) in [6.07, 6.45) is 2.28. The van der Waals surface area contributed by atoms with E-state index < -0.39 is 11.4 Å². The van der Waals surface area contributed by atoms with Crippen LogP contribution in [-0.2, 0) is 9.53 Å². The molecule has 5 rings (SSSR count). The number of H-pyrrole nitrogens is 1. The van der Waals surface area contributed by atoms with E-state index in [0.29, 0.717) is 78.4 Å². The molecule has 11 heteroatoms. The van der Waals surface area contributed by atoms with Crippen LogP contribution in [0.2, 0.25) is 5.02 Å². The zero-order chi connectivity index (χ0) is 33.5. The van der Waals surface area contributed by atoms with Crippen molar-refractivity contribution in [2.24, 2.45) is 5.92 Å². The third-order valence-electron chi connectivity index (χ3n) is 8.33. The summed E-state index contributed by atoms with van der Waals surface area (Å²) in [5.41, 5.74) is 3.29. The summed E-state index contributed by atoms with van der Waals surface area (Å²) in [7, 11) is 3.29. The normalized spacial score (nSPS) is 15.8. The molecular weight excluding hydrogens is 609 g/mol. The molecule has 0 bridgehead atoms. The lowest BCUT2D eigenvalue weighted by Crippen LogP contribution is -2.50. The number of carbonyl (C=O) groups is 3. The van der Waals surface area contributed by atoms with E-state index in [-0.39, 0.29) is 35.0 Å². The maximum Gasteiger partial charge on any atom is 0.410 e. The first-order valence-electron chi connectivity index (χ1n) is 15.7. The van der Waals surface area contributed by atoms with Gasteiger partial charge in [0.25, 0.3) is 5.91 Å². The van der Waals surface area contributed by atoms with Gasteiger partial charge in [-0.3, -0.25) is 9.59 Å². The molecule has 1 fully saturated rings. The zero-order valence-corrected chi connectivity index (χ0v) is 28.4. The number of benzene rings is 2. The molecule has 0 radical (unpaired) electrons. The molecule has 246 valence electrons. The van der Waals surface area contributed by atoms with Gasteiger partial charge in [0, 0.05) is 81.5 Å². The molecule has 0 unspecified atom stereocenters. The summed E-state index contributed by atoms with van der Waals surface area (Å²) < 4.78 is 21.9. The fourth-order valence-corrected chi connectivity index (χ4v) is 6.23. The van der Waals surface area contributed by atoms with Crippen LogP contribution in [0.4, 0.5) is 14.9 Å². The molecule has 46 heavy (non-hydrogen) atoms. The number of piperazine rings is 1. The molecule has 9 nitrogen and oxygen atoms in total. The van der Waals surface area contributed by atoms with Crippen LogP contribution in [0, 0.1) is 11.7 Å². The highest BCUT2D eigenvalue weighted by Crippen LogP contribution is 2.40. The Morgan fingerprint density at radius 2 is 1.65 bits per heavy atom. The second-order valence-corrected chi connectivity index (χ2v) is 13.9. The average molecular weight is 652 g/mol. The Kier molecular flexibility index (Phi) is 9.40. The topological polar surface area (TPSA) is 89.2 Å². The Balaban J connectivity index is 1.50. The lowest BCUT2D eigenvalue weighted by Gasteiger charge is -2.37. The van der Waals surface area contributed by atoms with Crippen molar-refractivity contribution in [1.29, 1.82) is 0 Å². The Morgan fingerprint density at radius 1 is 0.957 bits per heavy atom. The zero-order valence-electron chi connectivity index (χ0n) is 27.7. The van der Waals surface area contributed by atoms with Gasteiger partial charge in [0.1, 0.15) is 11.3 Å². The Hall–Kier alpha value is -4.05. The van der Waals surface area contributed by atoms with Crippen LogP contribution in [0.5, 0.6) is 0 Å². The molecule has 3 amide bonds. The van der Waals surface area contributed by atoms with Crippen LogP contribution in [-0.4, -0.2) is 96.6 Å². The number of nitrogens with one attached hydrogen (secondary N) is 1. The fraction of sp³-hybridized carbons (Fsp3) is 0.457. The molecule has 1 aromatic heterocycles. The highest BCUT2D eigenvalue weighted by molar-refractivity contribution is 6.34. The number of nitrogens with zero attached hydrogens (tertiary/aromatic N) is 4. The Morgan fingerprint density at radius 3 is 2.26 bits per heavy atom. The van der Waals surface area contributed by atoms with E-state index in [1.54, 1.807) is 36.0 Å². The first-order valence-corrected chi connectivity index (χ1v) is 16.1. The van der Waals surface area contributed by atoms with Crippen LogP contribution >= 0.6 is 11.6 Å². The van der Waals surface area contributed by atoms with Gasteiger partial charge in [-0.15, -0.1) is 0 Å². The average Bonchev–Trinajstić information content (AvgIpc) is 3.46. The SMILES string of the molecule is CC(C)C(=O)N1CCC=C(c2cc(-c3ccc(N4CCN(C(=O)OC(C)(C)C)CC4)cc3Cl)c3cc(C(=O)N(C)C)[nH]c3c2F)C1. The second kappa shape index (κ2) is 13.0. The number of ether oxygens (including phenoxy) is 1. The first-order chi connectivity index (χ1) is 21.6. The summed E-state index contributed by atoms with van der Waals surface area (Å²) in [6.45, 7) is 12.4. The number of amides is 3. The van der Waals surface area contributed by atoms with Crippen LogP contribution in [0.3, 0.4) is 0 Å². The van der Waals surface area contributed by atoms with Crippen molar-refractivity contribution in [2.45, 2.75) is 46.6 Å². The number of rotatable bonds is 5. The summed E-state index contributed by atoms with van der Waals surface area (Å²) >= 11 is 6.97. The molecule has 0 spiro atoms. The summed E-state index contributed by atoms with van der Waals surface area (Å²) in [4.78, 5) is 48.4. The number of carbonyl (C=O) groups excluding carboxylic acids is 3. The molecule has 1 N–H and O–H groups in total. The van der Waals surface area contributed by atoms with Crippen molar-refractivity contribution in [3.05, 3.63) is 58.5 Å². The third kappa shape index (κ3) is 6.87. The molecule has 3 aromatic rings. The summed E-state index contributed by atoms with van der Waals surface area (Å²) in [5.74, 6) is -0.891. The summed E-state index contributed by atoms with van der Waals surface area (Å²) in [5, 5.41) is 1.01. The van der Waals surface area contributed by atoms with Gasteiger partial charge >= 0.3 is 6.09 Å². The number of aromatic nitrogens is 1. The second-order valence-electron chi connectivity index (χ2n) is 13.5. The Bertz CT molecular complexity index is 1700. The number of halogens is 2. The van der Waals surface area contributed by atoms with Crippen molar-refractivity contribution in [2.75, 3.05) is 58.3 Å². The molecule has 0 saturated carbocycles. The molecule has 2 aliphatic heterocycles. The largest absolute Gasteiger partial charge is 0.444 e. The van der Waals surface area contributed by atoms with E-state index in [9.17, 15) is 14.4 Å². The molecule has 1 saturated heterocycles. The van der Waals surface area contributed by atoms with E-state index in [0.717, 1.165) is 5.69 Å². The molecule has 0 aliphatic carbocycles. The number of hydrogen-bond acceptors (Lipinski definition) is 5. The molecule has 3 heterocycles. The van der Waals surface area contributed by atoms with E-state index in [4.69, 9.17) is 16.3 Å². The van der Waals surface area contributed by atoms with Crippen molar-refractivity contribution in [3.63, 3.8) is 0 Å². The smallest absolute Gasteiger partial charge is 0.410 e. The number of hydrogen-bond donors (Lipinski definition) is 1. The van der Waals surface area contributed by atoms with E-state index in [2.05, 4.69) is 9.88 Å². The van der Waals surface area contributed by atoms with Crippen LogP contribution in [0.1, 0.15) is 57.1 Å². The van der Waals surface area contributed by atoms with Crippen molar-refractivity contribution in [3.8, 4) is 11.1 Å². The van der Waals surface area contributed by atoms with E-state index >= 15 is 4.39 Å². The third-order valence-corrected chi connectivity index (χ3v) is 8.64. The quantitative estimate of drug-likeness (QED) is 0.333. The van der Waals surface area contributed by atoms with Crippen LogP contribution in [0.25, 0.3) is 27.6 Å². The Labute approximate surface area is 274 Å². The predicted molar refractivity (Wildman–Crippen MR) is 181 cm³/mol. The molecule has 2 aliphatic rings. The van der Waals surface area contributed by atoms with E-state index in [1.165, 1.54) is 4.90 Å². The number of fused-ring (bicyclic) bond motifs is 1. The summed E-state index contributed by atoms with van der Waals surface area (Å²) in [6, 6.07) is 9.23. The van der Waals surface area contributed by atoms with Crippen molar-refractivity contribution in [1.82, 2.24) is 19.7 Å². The maximum atomic E-state index is 16.3. The lowest BCUT2D eigenvalue weighted by molar-refractivity contribution is -0.133. The van der Waals surface area contributed by atoms with Gasteiger partial charge in [-0.1, -0.05) is 37.6 Å². The van der Waals surface area contributed by atoms with Gasteiger partial charge in [0.05, 0.1) is 10.5 Å². The van der Waals surface area contributed by atoms with Gasteiger partial charge in [0.15, 0.2) is 5.82 Å². The van der Waals surface area contributed by atoms with Crippen LogP contribution in [0.15, 0.2) is 36.4 Å². The highest BCUT2D eigenvalue weighted by Gasteiger charge is 2.28. The maximum absolute atomic E-state index is 16.3. The predicted octanol–water partition coefficient (Wildman–Crippen LogP) is 6.66. The number of anilines is 1. The van der Waals surface area contributed by atoms with Crippen molar-refractivity contribution < 1.29 is 23.5 Å². The molecule has 2 aromatic carbocycles. The lowest BCUT2D eigenvalue weighted by atomic mass is 9.92. The minimum Gasteiger partial charge on any atom is -0.444 e. The number of aromatic amines is 1. The molecule has 0 atom stereocenters. The van der Waals surface area contributed by atoms with Gasteiger partial charge in [0.2, 0.25) is 5.91 Å². The monoisotopic (exact) mass is 651 g/mol. The minimum atomic E-state index is -0.554.